The summed E-state index contributed by atoms with van der Waals surface area (Å²) < 4.78 is 0. The number of phenols is 1. The SMILES string of the molecule is CNCCCN(C)C(=O)c1cccc(O)c1C. The zero-order chi connectivity index (χ0) is 12.8. The number of rotatable bonds is 5. The number of amides is 1. The lowest BCUT2D eigenvalue weighted by molar-refractivity contribution is 0.0792. The van der Waals surface area contributed by atoms with E-state index in [9.17, 15) is 9.90 Å². The summed E-state index contributed by atoms with van der Waals surface area (Å²) in [5.74, 6) is 0.119. The third-order valence-corrected chi connectivity index (χ3v) is 2.80. The molecular weight excluding hydrogens is 216 g/mol. The van der Waals surface area contributed by atoms with E-state index < -0.39 is 0 Å². The van der Waals surface area contributed by atoms with Gasteiger partial charge in [0.2, 0.25) is 0 Å². The summed E-state index contributed by atoms with van der Waals surface area (Å²) in [5.41, 5.74) is 1.20. The fourth-order valence-electron chi connectivity index (χ4n) is 1.66. The minimum absolute atomic E-state index is 0.0468. The highest BCUT2D eigenvalue weighted by atomic mass is 16.3. The molecule has 0 heterocycles. The van der Waals surface area contributed by atoms with Crippen LogP contribution in [0.4, 0.5) is 0 Å². The van der Waals surface area contributed by atoms with Crippen molar-refractivity contribution in [2.24, 2.45) is 0 Å². The molecule has 94 valence electrons. The number of benzene rings is 1. The molecule has 0 spiro atoms. The van der Waals surface area contributed by atoms with Crippen LogP contribution < -0.4 is 5.32 Å². The molecule has 0 aromatic heterocycles. The van der Waals surface area contributed by atoms with Crippen LogP contribution in [0.3, 0.4) is 0 Å². The molecule has 2 N–H and O–H groups in total. The predicted molar refractivity (Wildman–Crippen MR) is 68.3 cm³/mol. The first kappa shape index (κ1) is 13.5. The average Bonchev–Trinajstić information content (AvgIpc) is 2.32. The van der Waals surface area contributed by atoms with Crippen molar-refractivity contribution < 1.29 is 9.90 Å². The van der Waals surface area contributed by atoms with E-state index in [0.717, 1.165) is 13.0 Å². The first-order valence-corrected chi connectivity index (χ1v) is 5.76. The Morgan fingerprint density at radius 2 is 2.18 bits per heavy atom. The lowest BCUT2D eigenvalue weighted by Crippen LogP contribution is -2.29. The van der Waals surface area contributed by atoms with Crippen LogP contribution in [0.2, 0.25) is 0 Å². The first-order valence-electron chi connectivity index (χ1n) is 5.76. The molecular formula is C13H20N2O2. The van der Waals surface area contributed by atoms with Crippen LogP contribution in [-0.2, 0) is 0 Å². The summed E-state index contributed by atoms with van der Waals surface area (Å²) in [4.78, 5) is 13.8. The predicted octanol–water partition coefficient (Wildman–Crippen LogP) is 1.38. The molecule has 1 amide bonds. The van der Waals surface area contributed by atoms with Gasteiger partial charge in [-0.3, -0.25) is 4.79 Å². The van der Waals surface area contributed by atoms with Crippen molar-refractivity contribution in [1.82, 2.24) is 10.2 Å². The molecule has 0 aliphatic heterocycles. The van der Waals surface area contributed by atoms with Crippen molar-refractivity contribution in [3.8, 4) is 5.75 Å². The van der Waals surface area contributed by atoms with Crippen LogP contribution in [-0.4, -0.2) is 43.1 Å². The number of carbonyl (C=O) groups excluding carboxylic acids is 1. The van der Waals surface area contributed by atoms with E-state index in [1.807, 2.05) is 7.05 Å². The van der Waals surface area contributed by atoms with E-state index in [4.69, 9.17) is 0 Å². The first-order chi connectivity index (χ1) is 8.07. The summed E-state index contributed by atoms with van der Waals surface area (Å²) in [6, 6.07) is 5.02. The van der Waals surface area contributed by atoms with E-state index in [1.165, 1.54) is 0 Å². The van der Waals surface area contributed by atoms with Gasteiger partial charge in [0.15, 0.2) is 0 Å². The number of aromatic hydroxyl groups is 1. The molecule has 0 aliphatic rings. The number of phenolic OH excluding ortho intramolecular Hbond substituents is 1. The van der Waals surface area contributed by atoms with Gasteiger partial charge in [0.25, 0.3) is 5.91 Å². The molecule has 0 atom stereocenters. The van der Waals surface area contributed by atoms with Crippen LogP contribution in [0.1, 0.15) is 22.3 Å². The van der Waals surface area contributed by atoms with E-state index >= 15 is 0 Å². The lowest BCUT2D eigenvalue weighted by Gasteiger charge is -2.18. The van der Waals surface area contributed by atoms with E-state index in [0.29, 0.717) is 17.7 Å². The maximum absolute atomic E-state index is 12.1. The summed E-state index contributed by atoms with van der Waals surface area (Å²) in [6.45, 7) is 3.34. The third-order valence-electron chi connectivity index (χ3n) is 2.80. The Morgan fingerprint density at radius 1 is 1.47 bits per heavy atom. The van der Waals surface area contributed by atoms with Crippen LogP contribution in [0.25, 0.3) is 0 Å². The Balaban J connectivity index is 2.71. The Kier molecular flexibility index (Phi) is 4.97. The minimum Gasteiger partial charge on any atom is -0.508 e. The van der Waals surface area contributed by atoms with Gasteiger partial charge in [-0.2, -0.15) is 0 Å². The molecule has 1 aromatic rings. The van der Waals surface area contributed by atoms with Crippen LogP contribution >= 0.6 is 0 Å². The number of carbonyl (C=O) groups is 1. The zero-order valence-electron chi connectivity index (χ0n) is 10.7. The van der Waals surface area contributed by atoms with Gasteiger partial charge in [0, 0.05) is 24.7 Å². The summed E-state index contributed by atoms with van der Waals surface area (Å²) in [7, 11) is 3.67. The molecule has 17 heavy (non-hydrogen) atoms. The maximum Gasteiger partial charge on any atom is 0.253 e. The Morgan fingerprint density at radius 3 is 2.82 bits per heavy atom. The van der Waals surface area contributed by atoms with Crippen molar-refractivity contribution in [3.05, 3.63) is 29.3 Å². The Hall–Kier alpha value is -1.55. The normalized spacial score (nSPS) is 10.3. The second-order valence-electron chi connectivity index (χ2n) is 4.13. The molecule has 0 bridgehead atoms. The largest absolute Gasteiger partial charge is 0.508 e. The smallest absolute Gasteiger partial charge is 0.253 e. The van der Waals surface area contributed by atoms with Gasteiger partial charge < -0.3 is 15.3 Å². The van der Waals surface area contributed by atoms with Crippen molar-refractivity contribution in [2.75, 3.05) is 27.2 Å². The Labute approximate surface area is 102 Å². The van der Waals surface area contributed by atoms with Gasteiger partial charge in [-0.25, -0.2) is 0 Å². The quantitative estimate of drug-likeness (QED) is 0.759. The zero-order valence-corrected chi connectivity index (χ0v) is 10.7. The highest BCUT2D eigenvalue weighted by Gasteiger charge is 2.15. The molecule has 0 unspecified atom stereocenters. The van der Waals surface area contributed by atoms with E-state index in [-0.39, 0.29) is 11.7 Å². The molecule has 0 saturated heterocycles. The second-order valence-corrected chi connectivity index (χ2v) is 4.13. The summed E-state index contributed by atoms with van der Waals surface area (Å²) in [5, 5.41) is 12.6. The molecule has 0 aliphatic carbocycles. The van der Waals surface area contributed by atoms with Gasteiger partial charge in [-0.1, -0.05) is 6.07 Å². The highest BCUT2D eigenvalue weighted by Crippen LogP contribution is 2.20. The maximum atomic E-state index is 12.1. The van der Waals surface area contributed by atoms with Crippen molar-refractivity contribution in [3.63, 3.8) is 0 Å². The lowest BCUT2D eigenvalue weighted by atomic mass is 10.1. The number of hydrogen-bond acceptors (Lipinski definition) is 3. The van der Waals surface area contributed by atoms with Crippen LogP contribution in [0, 0.1) is 6.92 Å². The van der Waals surface area contributed by atoms with Gasteiger partial charge in [-0.05, 0) is 39.1 Å². The average molecular weight is 236 g/mol. The topological polar surface area (TPSA) is 52.6 Å². The highest BCUT2D eigenvalue weighted by molar-refractivity contribution is 5.96. The van der Waals surface area contributed by atoms with Crippen LogP contribution in [0.15, 0.2) is 18.2 Å². The molecule has 1 aromatic carbocycles. The molecule has 0 saturated carbocycles. The fraction of sp³-hybridized carbons (Fsp3) is 0.462. The number of hydrogen-bond donors (Lipinski definition) is 2. The fourth-order valence-corrected chi connectivity index (χ4v) is 1.66. The van der Waals surface area contributed by atoms with Gasteiger partial charge in [0.05, 0.1) is 0 Å². The molecule has 0 fully saturated rings. The third kappa shape index (κ3) is 3.46. The van der Waals surface area contributed by atoms with Crippen molar-refractivity contribution >= 4 is 5.91 Å². The van der Waals surface area contributed by atoms with Gasteiger partial charge in [-0.15, -0.1) is 0 Å². The van der Waals surface area contributed by atoms with Crippen molar-refractivity contribution in [2.45, 2.75) is 13.3 Å². The molecule has 4 nitrogen and oxygen atoms in total. The summed E-state index contributed by atoms with van der Waals surface area (Å²) >= 11 is 0. The molecule has 4 heteroatoms. The van der Waals surface area contributed by atoms with E-state index in [2.05, 4.69) is 5.32 Å². The number of nitrogens with zero attached hydrogens (tertiary/aromatic N) is 1. The minimum atomic E-state index is -0.0468. The van der Waals surface area contributed by atoms with Crippen molar-refractivity contribution in [1.29, 1.82) is 0 Å². The van der Waals surface area contributed by atoms with Gasteiger partial charge >= 0.3 is 0 Å². The van der Waals surface area contributed by atoms with Crippen LogP contribution in [0.5, 0.6) is 5.75 Å². The Bertz CT molecular complexity index is 391. The van der Waals surface area contributed by atoms with Gasteiger partial charge in [0.1, 0.15) is 5.75 Å². The van der Waals surface area contributed by atoms with E-state index in [1.54, 1.807) is 37.1 Å². The number of nitrogens with one attached hydrogen (secondary N) is 1. The second kappa shape index (κ2) is 6.25. The molecule has 0 radical (unpaired) electrons. The standard InChI is InChI=1S/C13H20N2O2/c1-10-11(6-4-7-12(10)16)13(17)15(3)9-5-8-14-2/h4,6-7,14,16H,5,8-9H2,1-3H3. The monoisotopic (exact) mass is 236 g/mol. The molecule has 1 rings (SSSR count). The summed E-state index contributed by atoms with van der Waals surface area (Å²) in [6.07, 6.45) is 0.913.